The van der Waals surface area contributed by atoms with Crippen LogP contribution in [0, 0.1) is 11.8 Å². The van der Waals surface area contributed by atoms with Crippen LogP contribution in [-0.2, 0) is 4.79 Å². The fourth-order valence-corrected chi connectivity index (χ4v) is 3.63. The van der Waals surface area contributed by atoms with Gasteiger partial charge in [0.1, 0.15) is 0 Å². The SMILES string of the molecule is CN(C(=O)C#Cc1cccc(Cl)c1)C1CCCN(c2nccs2)C1. The van der Waals surface area contributed by atoms with Gasteiger partial charge in [0, 0.05) is 54.3 Å². The van der Waals surface area contributed by atoms with E-state index in [2.05, 4.69) is 21.7 Å². The van der Waals surface area contributed by atoms with Crippen molar-refractivity contribution < 1.29 is 4.79 Å². The van der Waals surface area contributed by atoms with E-state index in [9.17, 15) is 4.79 Å². The summed E-state index contributed by atoms with van der Waals surface area (Å²) in [5.74, 6) is 5.45. The summed E-state index contributed by atoms with van der Waals surface area (Å²) in [6, 6.07) is 7.37. The van der Waals surface area contributed by atoms with Crippen LogP contribution in [0.25, 0.3) is 0 Å². The summed E-state index contributed by atoms with van der Waals surface area (Å²) in [5.41, 5.74) is 0.748. The van der Waals surface area contributed by atoms with Crippen LogP contribution in [0.5, 0.6) is 0 Å². The molecule has 1 fully saturated rings. The van der Waals surface area contributed by atoms with Gasteiger partial charge in [0.15, 0.2) is 5.13 Å². The number of thiazole rings is 1. The van der Waals surface area contributed by atoms with Crippen molar-refractivity contribution in [1.29, 1.82) is 0 Å². The summed E-state index contributed by atoms with van der Waals surface area (Å²) in [6.45, 7) is 1.79. The molecule has 0 radical (unpaired) electrons. The number of halogens is 1. The average Bonchev–Trinajstić information content (AvgIpc) is 3.14. The molecule has 1 aromatic carbocycles. The molecule has 1 saturated heterocycles. The molecular weight excluding hydrogens is 342 g/mol. The second-order valence-electron chi connectivity index (χ2n) is 5.73. The first-order valence-electron chi connectivity index (χ1n) is 7.82. The van der Waals surface area contributed by atoms with Gasteiger partial charge in [-0.1, -0.05) is 23.6 Å². The van der Waals surface area contributed by atoms with Crippen molar-refractivity contribution in [3.8, 4) is 11.8 Å². The minimum Gasteiger partial charge on any atom is -0.346 e. The quantitative estimate of drug-likeness (QED) is 0.772. The highest BCUT2D eigenvalue weighted by Gasteiger charge is 2.26. The Morgan fingerprint density at radius 3 is 3.12 bits per heavy atom. The van der Waals surface area contributed by atoms with Crippen LogP contribution >= 0.6 is 22.9 Å². The van der Waals surface area contributed by atoms with E-state index in [-0.39, 0.29) is 11.9 Å². The summed E-state index contributed by atoms with van der Waals surface area (Å²) in [4.78, 5) is 20.7. The molecule has 1 aliphatic rings. The number of likely N-dealkylation sites (N-methyl/N-ethyl adjacent to an activating group) is 1. The zero-order chi connectivity index (χ0) is 16.9. The number of benzene rings is 1. The maximum atomic E-state index is 12.4. The third-order valence-corrected chi connectivity index (χ3v) is 5.16. The number of carbonyl (C=O) groups is 1. The van der Waals surface area contributed by atoms with Crippen molar-refractivity contribution in [1.82, 2.24) is 9.88 Å². The number of amides is 1. The van der Waals surface area contributed by atoms with Crippen LogP contribution in [0.15, 0.2) is 35.8 Å². The van der Waals surface area contributed by atoms with E-state index >= 15 is 0 Å². The zero-order valence-electron chi connectivity index (χ0n) is 13.4. The Hall–Kier alpha value is -2.03. The van der Waals surface area contributed by atoms with E-state index < -0.39 is 0 Å². The van der Waals surface area contributed by atoms with Crippen molar-refractivity contribution >= 4 is 34.0 Å². The van der Waals surface area contributed by atoms with Crippen molar-refractivity contribution in [3.05, 3.63) is 46.4 Å². The number of rotatable bonds is 2. The van der Waals surface area contributed by atoms with Crippen molar-refractivity contribution in [2.75, 3.05) is 25.0 Å². The van der Waals surface area contributed by atoms with Gasteiger partial charge in [0.2, 0.25) is 0 Å². The Labute approximate surface area is 151 Å². The first-order chi connectivity index (χ1) is 11.6. The molecule has 1 atom stereocenters. The van der Waals surface area contributed by atoms with Gasteiger partial charge < -0.3 is 9.80 Å². The number of hydrogen-bond acceptors (Lipinski definition) is 4. The largest absolute Gasteiger partial charge is 0.346 e. The third kappa shape index (κ3) is 4.08. The number of aromatic nitrogens is 1. The van der Waals surface area contributed by atoms with Crippen LogP contribution in [0.3, 0.4) is 0 Å². The van der Waals surface area contributed by atoms with Crippen LogP contribution < -0.4 is 4.90 Å². The fraction of sp³-hybridized carbons (Fsp3) is 0.333. The first-order valence-corrected chi connectivity index (χ1v) is 9.08. The number of anilines is 1. The standard InChI is InChI=1S/C18H18ClN3OS/c1-21(17(23)8-7-14-4-2-5-15(19)12-14)16-6-3-10-22(13-16)18-20-9-11-24-18/h2,4-5,9,11-12,16H,3,6,10,13H2,1H3. The summed E-state index contributed by atoms with van der Waals surface area (Å²) in [5, 5.41) is 3.61. The van der Waals surface area contributed by atoms with Gasteiger partial charge in [-0.05, 0) is 31.0 Å². The van der Waals surface area contributed by atoms with Gasteiger partial charge in [0.25, 0.3) is 5.91 Å². The molecule has 1 aliphatic heterocycles. The highest BCUT2D eigenvalue weighted by atomic mass is 35.5. The Bertz CT molecular complexity index is 766. The first kappa shape index (κ1) is 16.8. The van der Waals surface area contributed by atoms with E-state index in [1.54, 1.807) is 28.4 Å². The maximum Gasteiger partial charge on any atom is 0.298 e. The number of hydrogen-bond donors (Lipinski definition) is 0. The van der Waals surface area contributed by atoms with E-state index in [0.717, 1.165) is 36.6 Å². The Morgan fingerprint density at radius 1 is 1.50 bits per heavy atom. The monoisotopic (exact) mass is 359 g/mol. The van der Waals surface area contributed by atoms with Gasteiger partial charge >= 0.3 is 0 Å². The lowest BCUT2D eigenvalue weighted by molar-refractivity contribution is -0.126. The molecular formula is C18H18ClN3OS. The zero-order valence-corrected chi connectivity index (χ0v) is 15.0. The molecule has 1 aromatic heterocycles. The van der Waals surface area contributed by atoms with Gasteiger partial charge in [0.05, 0.1) is 0 Å². The lowest BCUT2D eigenvalue weighted by Crippen LogP contribution is -2.48. The molecule has 0 N–H and O–H groups in total. The van der Waals surface area contributed by atoms with Gasteiger partial charge in [-0.15, -0.1) is 11.3 Å². The molecule has 1 unspecified atom stereocenters. The van der Waals surface area contributed by atoms with Crippen molar-refractivity contribution in [2.45, 2.75) is 18.9 Å². The van der Waals surface area contributed by atoms with Crippen LogP contribution in [0.4, 0.5) is 5.13 Å². The molecule has 0 bridgehead atoms. The van der Waals surface area contributed by atoms with Gasteiger partial charge in [-0.25, -0.2) is 4.98 Å². The molecule has 2 heterocycles. The minimum atomic E-state index is -0.166. The Morgan fingerprint density at radius 2 is 2.38 bits per heavy atom. The molecule has 4 nitrogen and oxygen atoms in total. The van der Waals surface area contributed by atoms with E-state index in [0.29, 0.717) is 5.02 Å². The molecule has 24 heavy (non-hydrogen) atoms. The molecule has 124 valence electrons. The van der Waals surface area contributed by atoms with Crippen LogP contribution in [0.1, 0.15) is 18.4 Å². The summed E-state index contributed by atoms with van der Waals surface area (Å²) in [7, 11) is 1.82. The molecule has 1 amide bonds. The smallest absolute Gasteiger partial charge is 0.298 e. The predicted octanol–water partition coefficient (Wildman–Crippen LogP) is 3.28. The highest BCUT2D eigenvalue weighted by molar-refractivity contribution is 7.13. The minimum absolute atomic E-state index is 0.156. The maximum absolute atomic E-state index is 12.4. The lowest BCUT2D eigenvalue weighted by Gasteiger charge is -2.36. The van der Waals surface area contributed by atoms with Crippen molar-refractivity contribution in [2.24, 2.45) is 0 Å². The lowest BCUT2D eigenvalue weighted by atomic mass is 10.0. The molecule has 3 rings (SSSR count). The average molecular weight is 360 g/mol. The molecule has 0 spiro atoms. The molecule has 0 aliphatic carbocycles. The van der Waals surface area contributed by atoms with Crippen LogP contribution in [-0.4, -0.2) is 42.0 Å². The van der Waals surface area contributed by atoms with Crippen LogP contribution in [0.2, 0.25) is 5.02 Å². The number of nitrogens with zero attached hydrogens (tertiary/aromatic N) is 3. The third-order valence-electron chi connectivity index (χ3n) is 4.09. The van der Waals surface area contributed by atoms with E-state index in [1.807, 2.05) is 30.8 Å². The van der Waals surface area contributed by atoms with Gasteiger partial charge in [-0.3, -0.25) is 4.79 Å². The van der Waals surface area contributed by atoms with Crippen molar-refractivity contribution in [3.63, 3.8) is 0 Å². The summed E-state index contributed by atoms with van der Waals surface area (Å²) < 4.78 is 0. The summed E-state index contributed by atoms with van der Waals surface area (Å²) in [6.07, 6.45) is 3.85. The topological polar surface area (TPSA) is 36.4 Å². The fourth-order valence-electron chi connectivity index (χ4n) is 2.76. The number of piperidine rings is 1. The second-order valence-corrected chi connectivity index (χ2v) is 7.04. The second kappa shape index (κ2) is 7.69. The summed E-state index contributed by atoms with van der Waals surface area (Å²) >= 11 is 7.57. The number of carbonyl (C=O) groups excluding carboxylic acids is 1. The molecule has 6 heteroatoms. The predicted molar refractivity (Wildman–Crippen MR) is 98.4 cm³/mol. The Balaban J connectivity index is 1.65. The Kier molecular flexibility index (Phi) is 5.39. The molecule has 0 saturated carbocycles. The van der Waals surface area contributed by atoms with E-state index in [1.165, 1.54) is 0 Å². The van der Waals surface area contributed by atoms with Gasteiger partial charge in [-0.2, -0.15) is 0 Å². The molecule has 2 aromatic rings. The highest BCUT2D eigenvalue weighted by Crippen LogP contribution is 2.23. The normalized spacial score (nSPS) is 17.1. The van der Waals surface area contributed by atoms with E-state index in [4.69, 9.17) is 11.6 Å².